The van der Waals surface area contributed by atoms with Gasteiger partial charge in [0.2, 0.25) is 5.91 Å². The van der Waals surface area contributed by atoms with E-state index in [1.165, 1.54) is 16.3 Å². The number of carbonyl (C=O) groups excluding carboxylic acids is 1. The number of carbonyl (C=O) groups is 1. The zero-order chi connectivity index (χ0) is 29.1. The lowest BCUT2D eigenvalue weighted by molar-refractivity contribution is -0.388. The molecule has 1 aliphatic heterocycles. The molecule has 2 heterocycles. The van der Waals surface area contributed by atoms with Gasteiger partial charge in [0.1, 0.15) is 17.2 Å². The second-order valence-electron chi connectivity index (χ2n) is 10.7. The Morgan fingerprint density at radius 1 is 1.12 bits per heavy atom. The number of piperazine rings is 1. The highest BCUT2D eigenvalue weighted by atomic mass is 32.1. The number of nitrogens with zero attached hydrogens (tertiary/aromatic N) is 4. The molecule has 9 nitrogen and oxygen atoms in total. The smallest absolute Gasteiger partial charge is 0.382 e. The molecule has 41 heavy (non-hydrogen) atoms. The van der Waals surface area contributed by atoms with Crippen molar-refractivity contribution in [1.82, 2.24) is 14.8 Å². The molecule has 0 atom stereocenters. The number of nitro groups is 1. The molecule has 1 aliphatic carbocycles. The number of alkyl halides is 3. The van der Waals surface area contributed by atoms with Crippen LogP contribution in [0.15, 0.2) is 36.4 Å². The minimum Gasteiger partial charge on any atom is -0.382 e. The number of nitro benzene ring substituents is 1. The van der Waals surface area contributed by atoms with E-state index in [-0.39, 0.29) is 30.3 Å². The maximum atomic E-state index is 13.3. The Labute approximate surface area is 239 Å². The first-order valence-electron chi connectivity index (χ1n) is 13.6. The summed E-state index contributed by atoms with van der Waals surface area (Å²) >= 11 is 1.71. The average Bonchev–Trinajstić information content (AvgIpc) is 3.33. The Morgan fingerprint density at radius 2 is 1.85 bits per heavy atom. The molecule has 3 aromatic rings. The molecule has 2 fully saturated rings. The van der Waals surface area contributed by atoms with Gasteiger partial charge >= 0.3 is 6.18 Å². The highest BCUT2D eigenvalue weighted by molar-refractivity contribution is 7.18. The van der Waals surface area contributed by atoms with Gasteiger partial charge in [-0.15, -0.1) is 11.3 Å². The van der Waals surface area contributed by atoms with E-state index in [0.717, 1.165) is 42.3 Å². The van der Waals surface area contributed by atoms with Crippen LogP contribution in [0.1, 0.15) is 41.8 Å². The van der Waals surface area contributed by atoms with Crippen molar-refractivity contribution >= 4 is 38.8 Å². The Hall–Kier alpha value is -3.29. The van der Waals surface area contributed by atoms with Gasteiger partial charge in [0.25, 0.3) is 5.69 Å². The normalized spacial score (nSPS) is 20.3. The molecule has 0 radical (unpaired) electrons. The van der Waals surface area contributed by atoms with Crippen molar-refractivity contribution in [2.45, 2.75) is 57.5 Å². The summed E-state index contributed by atoms with van der Waals surface area (Å²) in [5, 5.41) is 15.1. The van der Waals surface area contributed by atoms with Crippen molar-refractivity contribution in [1.29, 1.82) is 0 Å². The maximum Gasteiger partial charge on any atom is 0.423 e. The van der Waals surface area contributed by atoms with Crippen molar-refractivity contribution in [3.63, 3.8) is 0 Å². The lowest BCUT2D eigenvalue weighted by Crippen LogP contribution is -2.49. The number of ether oxygens (including phenoxy) is 1. The molecule has 1 amide bonds. The predicted octanol–water partition coefficient (Wildman–Crippen LogP) is 5.62. The molecule has 0 bridgehead atoms. The number of aromatic nitrogens is 1. The predicted molar refractivity (Wildman–Crippen MR) is 150 cm³/mol. The summed E-state index contributed by atoms with van der Waals surface area (Å²) in [4.78, 5) is 31.6. The standard InChI is InChI=1S/C28H32F3N5O4S/c1-18-2-9-25-23(14-18)33-26(41-25)16-34-10-12-35(13-11-34)27(37)17-40-21-6-3-19(4-7-21)32-20-5-8-24(36(38)39)22(15-20)28(29,30)31/h2,5,8-9,14-15,19,21,32H,3-4,6-7,10-13,16-17H2,1H3/t19-,21-. The molecule has 220 valence electrons. The van der Waals surface area contributed by atoms with Crippen molar-refractivity contribution in [3.8, 4) is 0 Å². The highest BCUT2D eigenvalue weighted by Crippen LogP contribution is 2.38. The van der Waals surface area contributed by atoms with Gasteiger partial charge in [-0.05, 0) is 62.4 Å². The molecule has 1 saturated carbocycles. The van der Waals surface area contributed by atoms with Crippen LogP contribution in [0.2, 0.25) is 0 Å². The SMILES string of the molecule is Cc1ccc2sc(CN3CCN(C(=O)CO[C@H]4CC[C@H](Nc5ccc([N+](=O)[O-])c(C(F)(F)F)c5)CC4)CC3)nc2c1. The largest absolute Gasteiger partial charge is 0.423 e. The zero-order valence-corrected chi connectivity index (χ0v) is 23.5. The number of thiazole rings is 1. The lowest BCUT2D eigenvalue weighted by atomic mass is 9.92. The van der Waals surface area contributed by atoms with Gasteiger partial charge in [-0.3, -0.25) is 19.8 Å². The fraction of sp³-hybridized carbons (Fsp3) is 0.500. The third-order valence-electron chi connectivity index (χ3n) is 7.66. The van der Waals surface area contributed by atoms with Gasteiger partial charge in [0, 0.05) is 44.0 Å². The van der Waals surface area contributed by atoms with Gasteiger partial charge in [-0.1, -0.05) is 6.07 Å². The Balaban J connectivity index is 1.03. The molecule has 13 heteroatoms. The third kappa shape index (κ3) is 7.32. The monoisotopic (exact) mass is 591 g/mol. The first kappa shape index (κ1) is 29.2. The van der Waals surface area contributed by atoms with Crippen LogP contribution in [0.25, 0.3) is 10.2 Å². The minimum absolute atomic E-state index is 0.0112. The van der Waals surface area contributed by atoms with Crippen LogP contribution in [-0.2, 0) is 22.3 Å². The average molecular weight is 592 g/mol. The van der Waals surface area contributed by atoms with Crippen molar-refractivity contribution in [2.24, 2.45) is 0 Å². The molecule has 5 rings (SSSR count). The Kier molecular flexibility index (Phi) is 8.76. The first-order chi connectivity index (χ1) is 19.5. The van der Waals surface area contributed by atoms with Gasteiger partial charge < -0.3 is 15.0 Å². The number of aryl methyl sites for hydroxylation is 1. The molecular formula is C28H32F3N5O4S. The van der Waals surface area contributed by atoms with Crippen molar-refractivity contribution in [3.05, 3.63) is 62.6 Å². The molecule has 1 saturated heterocycles. The lowest BCUT2D eigenvalue weighted by Gasteiger charge is -2.35. The van der Waals surface area contributed by atoms with Gasteiger partial charge in [-0.2, -0.15) is 13.2 Å². The molecule has 1 N–H and O–H groups in total. The van der Waals surface area contributed by atoms with Gasteiger partial charge in [0.15, 0.2) is 0 Å². The van der Waals surface area contributed by atoms with Crippen LogP contribution in [-0.4, -0.2) is 70.5 Å². The topological polar surface area (TPSA) is 101 Å². The third-order valence-corrected chi connectivity index (χ3v) is 8.68. The van der Waals surface area contributed by atoms with Crippen LogP contribution in [0.3, 0.4) is 0 Å². The second kappa shape index (κ2) is 12.3. The summed E-state index contributed by atoms with van der Waals surface area (Å²) in [6, 6.07) is 9.19. The van der Waals surface area contributed by atoms with Gasteiger partial charge in [0.05, 0.1) is 27.8 Å². The van der Waals surface area contributed by atoms with Crippen LogP contribution in [0, 0.1) is 17.0 Å². The number of hydrogen-bond donors (Lipinski definition) is 1. The van der Waals surface area contributed by atoms with Crippen molar-refractivity contribution in [2.75, 3.05) is 38.1 Å². The first-order valence-corrected chi connectivity index (χ1v) is 14.5. The number of halogens is 3. The van der Waals surface area contributed by atoms with E-state index in [0.29, 0.717) is 38.8 Å². The fourth-order valence-electron chi connectivity index (χ4n) is 5.40. The summed E-state index contributed by atoms with van der Waals surface area (Å²) < 4.78 is 46.9. The number of benzene rings is 2. The zero-order valence-electron chi connectivity index (χ0n) is 22.7. The summed E-state index contributed by atoms with van der Waals surface area (Å²) in [5.41, 5.74) is 0.186. The van der Waals surface area contributed by atoms with E-state index >= 15 is 0 Å². The van der Waals surface area contributed by atoms with Crippen LogP contribution in [0.5, 0.6) is 0 Å². The Bertz CT molecular complexity index is 1400. The number of amides is 1. The second-order valence-corrected chi connectivity index (χ2v) is 11.8. The van der Waals surface area contributed by atoms with E-state index < -0.39 is 22.4 Å². The number of hydrogen-bond acceptors (Lipinski definition) is 8. The van der Waals surface area contributed by atoms with Gasteiger partial charge in [-0.25, -0.2) is 4.98 Å². The van der Waals surface area contributed by atoms with E-state index in [1.54, 1.807) is 11.3 Å². The summed E-state index contributed by atoms with van der Waals surface area (Å²) in [6.45, 7) is 5.66. The van der Waals surface area contributed by atoms with E-state index in [1.807, 2.05) is 4.90 Å². The molecule has 2 aliphatic rings. The van der Waals surface area contributed by atoms with Crippen molar-refractivity contribution < 1.29 is 27.6 Å². The Morgan fingerprint density at radius 3 is 2.54 bits per heavy atom. The summed E-state index contributed by atoms with van der Waals surface area (Å²) in [7, 11) is 0. The summed E-state index contributed by atoms with van der Waals surface area (Å²) in [5.74, 6) is -0.0362. The quantitative estimate of drug-likeness (QED) is 0.268. The number of rotatable bonds is 8. The minimum atomic E-state index is -4.82. The number of fused-ring (bicyclic) bond motifs is 1. The number of nitrogens with one attached hydrogen (secondary N) is 1. The van der Waals surface area contributed by atoms with Crippen LogP contribution >= 0.6 is 11.3 Å². The maximum absolute atomic E-state index is 13.3. The molecule has 0 unspecified atom stereocenters. The molecule has 1 aromatic heterocycles. The number of anilines is 1. The van der Waals surface area contributed by atoms with Crippen LogP contribution in [0.4, 0.5) is 24.5 Å². The molecule has 0 spiro atoms. The molecule has 2 aromatic carbocycles. The van der Waals surface area contributed by atoms with E-state index in [9.17, 15) is 28.1 Å². The summed E-state index contributed by atoms with van der Waals surface area (Å²) in [6.07, 6.45) is -2.27. The fourth-order valence-corrected chi connectivity index (χ4v) is 6.39. The van der Waals surface area contributed by atoms with E-state index in [4.69, 9.17) is 9.72 Å². The van der Waals surface area contributed by atoms with E-state index in [2.05, 4.69) is 35.3 Å². The van der Waals surface area contributed by atoms with Crippen LogP contribution < -0.4 is 5.32 Å². The highest BCUT2D eigenvalue weighted by Gasteiger charge is 2.38. The molecular weight excluding hydrogens is 559 g/mol.